The van der Waals surface area contributed by atoms with Gasteiger partial charge in [0, 0.05) is 31.7 Å². The van der Waals surface area contributed by atoms with Crippen molar-refractivity contribution in [2.24, 2.45) is 5.92 Å². The van der Waals surface area contributed by atoms with Crippen molar-refractivity contribution in [2.45, 2.75) is 38.5 Å². The Morgan fingerprint density at radius 1 is 1.25 bits per heavy atom. The number of nitrogens with zero attached hydrogens (tertiary/aromatic N) is 1. The number of ether oxygens (including phenoxy) is 1. The van der Waals surface area contributed by atoms with Crippen LogP contribution in [0.5, 0.6) is 5.75 Å². The Bertz CT molecular complexity index is 844. The van der Waals surface area contributed by atoms with E-state index in [1.54, 1.807) is 7.11 Å². The van der Waals surface area contributed by atoms with Crippen LogP contribution in [0.25, 0.3) is 0 Å². The van der Waals surface area contributed by atoms with Gasteiger partial charge in [-0.25, -0.2) is 0 Å². The molecule has 28 heavy (non-hydrogen) atoms. The molecule has 1 heterocycles. The average molecular weight is 379 g/mol. The van der Waals surface area contributed by atoms with Gasteiger partial charge in [-0.3, -0.25) is 4.79 Å². The number of hydrogen-bond acceptors (Lipinski definition) is 3. The number of para-hydroxylation sites is 1. The van der Waals surface area contributed by atoms with Gasteiger partial charge in [-0.1, -0.05) is 30.3 Å². The Morgan fingerprint density at radius 3 is 2.82 bits per heavy atom. The highest BCUT2D eigenvalue weighted by molar-refractivity contribution is 5.77. The first-order chi connectivity index (χ1) is 13.7. The molecule has 4 nitrogen and oxygen atoms in total. The van der Waals surface area contributed by atoms with Crippen LogP contribution in [0.1, 0.15) is 41.9 Å². The summed E-state index contributed by atoms with van der Waals surface area (Å²) in [5.41, 5.74) is 5.14. The van der Waals surface area contributed by atoms with E-state index in [2.05, 4.69) is 53.5 Å². The standard InChI is InChI=1S/C24H30N2O2/c1-17-15-20(9-10-23(17)28-2)21(18-7-8-18)16-24(27)25-12-14-26-13-11-19-5-3-4-6-22(19)26/h3-6,9-10,15,18,21H,7-8,11-14,16H2,1-2H3,(H,25,27). The van der Waals surface area contributed by atoms with E-state index < -0.39 is 0 Å². The summed E-state index contributed by atoms with van der Waals surface area (Å²) < 4.78 is 5.38. The Balaban J connectivity index is 1.31. The van der Waals surface area contributed by atoms with E-state index in [1.165, 1.54) is 29.7 Å². The van der Waals surface area contributed by atoms with Crippen LogP contribution in [0.3, 0.4) is 0 Å². The van der Waals surface area contributed by atoms with Crippen LogP contribution in [0.4, 0.5) is 5.69 Å². The van der Waals surface area contributed by atoms with Gasteiger partial charge in [-0.05, 0) is 66.8 Å². The lowest BCUT2D eigenvalue weighted by Crippen LogP contribution is -2.34. The van der Waals surface area contributed by atoms with Gasteiger partial charge in [-0.2, -0.15) is 0 Å². The zero-order valence-corrected chi connectivity index (χ0v) is 16.9. The average Bonchev–Trinajstić information content (AvgIpc) is 3.47. The number of fused-ring (bicyclic) bond motifs is 1. The molecule has 0 saturated heterocycles. The maximum Gasteiger partial charge on any atom is 0.220 e. The molecule has 0 radical (unpaired) electrons. The lowest BCUT2D eigenvalue weighted by atomic mass is 9.89. The Morgan fingerprint density at radius 2 is 2.07 bits per heavy atom. The number of nitrogens with one attached hydrogen (secondary N) is 1. The van der Waals surface area contributed by atoms with Crippen molar-refractivity contribution in [3.8, 4) is 5.75 Å². The first kappa shape index (κ1) is 18.9. The molecular weight excluding hydrogens is 348 g/mol. The molecule has 4 heteroatoms. The highest BCUT2D eigenvalue weighted by Gasteiger charge is 2.34. The third kappa shape index (κ3) is 4.16. The summed E-state index contributed by atoms with van der Waals surface area (Å²) in [5, 5.41) is 3.16. The third-order valence-electron chi connectivity index (χ3n) is 6.13. The minimum absolute atomic E-state index is 0.165. The molecule has 1 amide bonds. The zero-order chi connectivity index (χ0) is 19.5. The molecule has 2 aromatic rings. The lowest BCUT2D eigenvalue weighted by molar-refractivity contribution is -0.121. The fraction of sp³-hybridized carbons (Fsp3) is 0.458. The van der Waals surface area contributed by atoms with E-state index in [1.807, 2.05) is 6.07 Å². The van der Waals surface area contributed by atoms with Crippen LogP contribution >= 0.6 is 0 Å². The SMILES string of the molecule is COc1ccc(C(CC(=O)NCCN2CCc3ccccc32)C2CC2)cc1C. The van der Waals surface area contributed by atoms with Gasteiger partial charge in [0.2, 0.25) is 5.91 Å². The molecule has 1 fully saturated rings. The molecule has 2 aromatic carbocycles. The van der Waals surface area contributed by atoms with Crippen LogP contribution in [-0.4, -0.2) is 32.7 Å². The normalized spacial score (nSPS) is 16.6. The summed E-state index contributed by atoms with van der Waals surface area (Å²) >= 11 is 0. The van der Waals surface area contributed by atoms with Gasteiger partial charge in [0.15, 0.2) is 0 Å². The highest BCUT2D eigenvalue weighted by Crippen LogP contribution is 2.45. The number of anilines is 1. The van der Waals surface area contributed by atoms with Crippen molar-refractivity contribution in [1.29, 1.82) is 0 Å². The largest absolute Gasteiger partial charge is 0.496 e. The third-order valence-corrected chi connectivity index (χ3v) is 6.13. The van der Waals surface area contributed by atoms with Gasteiger partial charge >= 0.3 is 0 Å². The minimum Gasteiger partial charge on any atom is -0.496 e. The van der Waals surface area contributed by atoms with E-state index in [0.717, 1.165) is 30.8 Å². The first-order valence-corrected chi connectivity index (χ1v) is 10.4. The second kappa shape index (κ2) is 8.26. The van der Waals surface area contributed by atoms with Crippen molar-refractivity contribution in [2.75, 3.05) is 31.6 Å². The maximum atomic E-state index is 12.6. The van der Waals surface area contributed by atoms with Crippen molar-refractivity contribution in [1.82, 2.24) is 5.32 Å². The number of aryl methyl sites for hydroxylation is 1. The van der Waals surface area contributed by atoms with E-state index in [0.29, 0.717) is 24.8 Å². The van der Waals surface area contributed by atoms with E-state index in [-0.39, 0.29) is 5.91 Å². The Kier molecular flexibility index (Phi) is 5.56. The molecule has 0 bridgehead atoms. The summed E-state index contributed by atoms with van der Waals surface area (Å²) in [6.45, 7) is 4.69. The summed E-state index contributed by atoms with van der Waals surface area (Å²) in [7, 11) is 1.70. The molecule has 1 N–H and O–H groups in total. The smallest absolute Gasteiger partial charge is 0.220 e. The van der Waals surface area contributed by atoms with E-state index in [4.69, 9.17) is 4.74 Å². The van der Waals surface area contributed by atoms with Gasteiger partial charge in [0.05, 0.1) is 7.11 Å². The summed E-state index contributed by atoms with van der Waals surface area (Å²) in [5.74, 6) is 2.03. The maximum absolute atomic E-state index is 12.6. The highest BCUT2D eigenvalue weighted by atomic mass is 16.5. The zero-order valence-electron chi connectivity index (χ0n) is 16.9. The number of amides is 1. The summed E-state index contributed by atoms with van der Waals surface area (Å²) in [6.07, 6.45) is 4.14. The Hall–Kier alpha value is -2.49. The fourth-order valence-corrected chi connectivity index (χ4v) is 4.43. The first-order valence-electron chi connectivity index (χ1n) is 10.4. The molecule has 2 aliphatic rings. The summed E-state index contributed by atoms with van der Waals surface area (Å²) in [4.78, 5) is 15.0. The number of rotatable bonds is 8. The van der Waals surface area contributed by atoms with Gasteiger partial charge in [-0.15, -0.1) is 0 Å². The van der Waals surface area contributed by atoms with Crippen molar-refractivity contribution >= 4 is 11.6 Å². The van der Waals surface area contributed by atoms with E-state index in [9.17, 15) is 4.79 Å². The van der Waals surface area contributed by atoms with Gasteiger partial charge in [0.25, 0.3) is 0 Å². The molecule has 1 aliphatic carbocycles. The lowest BCUT2D eigenvalue weighted by Gasteiger charge is -2.21. The number of hydrogen-bond donors (Lipinski definition) is 1. The number of carbonyl (C=O) groups is 1. The van der Waals surface area contributed by atoms with Crippen molar-refractivity contribution < 1.29 is 9.53 Å². The molecule has 1 saturated carbocycles. The van der Waals surface area contributed by atoms with Crippen molar-refractivity contribution in [3.05, 3.63) is 59.2 Å². The Labute approximate surface area is 167 Å². The van der Waals surface area contributed by atoms with Crippen molar-refractivity contribution in [3.63, 3.8) is 0 Å². The number of benzene rings is 2. The second-order valence-corrected chi connectivity index (χ2v) is 8.09. The van der Waals surface area contributed by atoms with Crippen LogP contribution in [0, 0.1) is 12.8 Å². The van der Waals surface area contributed by atoms with Crippen LogP contribution < -0.4 is 15.0 Å². The second-order valence-electron chi connectivity index (χ2n) is 8.09. The van der Waals surface area contributed by atoms with Gasteiger partial charge < -0.3 is 15.0 Å². The topological polar surface area (TPSA) is 41.6 Å². The van der Waals surface area contributed by atoms with Crippen LogP contribution in [0.2, 0.25) is 0 Å². The molecule has 4 rings (SSSR count). The molecule has 1 atom stereocenters. The molecular formula is C24H30N2O2. The quantitative estimate of drug-likeness (QED) is 0.753. The molecule has 0 aromatic heterocycles. The van der Waals surface area contributed by atoms with Gasteiger partial charge in [0.1, 0.15) is 5.75 Å². The fourth-order valence-electron chi connectivity index (χ4n) is 4.43. The molecule has 1 unspecified atom stereocenters. The number of carbonyl (C=O) groups excluding carboxylic acids is 1. The predicted octanol–water partition coefficient (Wildman–Crippen LogP) is 4.07. The van der Waals surface area contributed by atoms with Crippen LogP contribution in [0.15, 0.2) is 42.5 Å². The molecule has 148 valence electrons. The molecule has 1 aliphatic heterocycles. The molecule has 0 spiro atoms. The number of methoxy groups -OCH3 is 1. The summed E-state index contributed by atoms with van der Waals surface area (Å²) in [6, 6.07) is 14.9. The van der Waals surface area contributed by atoms with Crippen LogP contribution in [-0.2, 0) is 11.2 Å². The minimum atomic E-state index is 0.165. The van der Waals surface area contributed by atoms with E-state index >= 15 is 0 Å². The predicted molar refractivity (Wildman–Crippen MR) is 113 cm³/mol. The monoisotopic (exact) mass is 378 g/mol.